The van der Waals surface area contributed by atoms with Crippen molar-refractivity contribution >= 4 is 11.0 Å². The summed E-state index contributed by atoms with van der Waals surface area (Å²) in [6.45, 7) is 5.36. The van der Waals surface area contributed by atoms with Gasteiger partial charge in [-0.2, -0.15) is 0 Å². The van der Waals surface area contributed by atoms with Gasteiger partial charge in [0, 0.05) is 5.56 Å². The molecule has 5 nitrogen and oxygen atoms in total. The van der Waals surface area contributed by atoms with E-state index in [1.54, 1.807) is 6.08 Å². The summed E-state index contributed by atoms with van der Waals surface area (Å²) in [5, 5.41) is 0.734. The average Bonchev–Trinajstić information content (AvgIpc) is 3.51. The Balaban J connectivity index is 1.70. The van der Waals surface area contributed by atoms with Crippen molar-refractivity contribution in [2.24, 2.45) is 0 Å². The summed E-state index contributed by atoms with van der Waals surface area (Å²) in [6.07, 6.45) is 2.42. The van der Waals surface area contributed by atoms with Gasteiger partial charge in [0.1, 0.15) is 36.4 Å². The van der Waals surface area contributed by atoms with Gasteiger partial charge < -0.3 is 18.6 Å². The zero-order chi connectivity index (χ0) is 18.6. The van der Waals surface area contributed by atoms with Gasteiger partial charge in [-0.1, -0.05) is 36.4 Å². The Morgan fingerprint density at radius 3 is 2.67 bits per heavy atom. The van der Waals surface area contributed by atoms with Crippen LogP contribution in [0.4, 0.5) is 0 Å². The van der Waals surface area contributed by atoms with Crippen molar-refractivity contribution in [1.29, 1.82) is 0 Å². The molecule has 5 heteroatoms. The predicted molar refractivity (Wildman–Crippen MR) is 102 cm³/mol. The topological polar surface area (TPSA) is 61.2 Å². The molecule has 0 radical (unpaired) electrons. The Morgan fingerprint density at radius 1 is 1.11 bits per heavy atom. The van der Waals surface area contributed by atoms with Crippen molar-refractivity contribution in [3.05, 3.63) is 82.7 Å². The first-order valence-corrected chi connectivity index (χ1v) is 8.86. The lowest BCUT2D eigenvalue weighted by Crippen LogP contribution is -2.07. The van der Waals surface area contributed by atoms with E-state index in [1.807, 2.05) is 42.5 Å². The Morgan fingerprint density at radius 2 is 1.93 bits per heavy atom. The molecule has 1 unspecified atom stereocenters. The van der Waals surface area contributed by atoms with Crippen LogP contribution in [-0.2, 0) is 17.8 Å². The van der Waals surface area contributed by atoms with E-state index in [0.29, 0.717) is 36.7 Å². The van der Waals surface area contributed by atoms with Crippen LogP contribution in [0.2, 0.25) is 0 Å². The van der Waals surface area contributed by atoms with Crippen molar-refractivity contribution in [3.63, 3.8) is 0 Å². The minimum Gasteiger partial charge on any atom is -0.490 e. The first kappa shape index (κ1) is 17.4. The van der Waals surface area contributed by atoms with E-state index >= 15 is 0 Å². The molecule has 1 aliphatic heterocycles. The number of fused-ring (bicyclic) bond motifs is 1. The fourth-order valence-electron chi connectivity index (χ4n) is 2.91. The van der Waals surface area contributed by atoms with Crippen molar-refractivity contribution in [2.45, 2.75) is 19.1 Å². The quantitative estimate of drug-likeness (QED) is 0.345. The van der Waals surface area contributed by atoms with Crippen LogP contribution >= 0.6 is 0 Å². The normalized spacial score (nSPS) is 15.5. The van der Waals surface area contributed by atoms with Gasteiger partial charge in [0.25, 0.3) is 0 Å². The molecule has 0 aliphatic carbocycles. The molecule has 0 saturated carbocycles. The molecule has 0 amide bonds. The highest BCUT2D eigenvalue weighted by atomic mass is 16.6. The SMILES string of the molecule is C=CCc1c(OCC2CO2)ccc2c(OCc3ccccc3)cc(=O)oc12. The van der Waals surface area contributed by atoms with Gasteiger partial charge in [0.05, 0.1) is 18.1 Å². The molecule has 2 heterocycles. The number of rotatable bonds is 8. The lowest BCUT2D eigenvalue weighted by molar-refractivity contribution is 0.261. The predicted octanol–water partition coefficient (Wildman–Crippen LogP) is 3.88. The van der Waals surface area contributed by atoms with Crippen LogP contribution in [0.5, 0.6) is 11.5 Å². The molecule has 0 bridgehead atoms. The van der Waals surface area contributed by atoms with E-state index in [0.717, 1.165) is 23.1 Å². The van der Waals surface area contributed by atoms with Crippen molar-refractivity contribution in [1.82, 2.24) is 0 Å². The number of hydrogen-bond donors (Lipinski definition) is 0. The molecule has 3 aromatic rings. The molecule has 27 heavy (non-hydrogen) atoms. The zero-order valence-corrected chi connectivity index (χ0v) is 14.9. The third-order valence-electron chi connectivity index (χ3n) is 4.35. The number of hydrogen-bond acceptors (Lipinski definition) is 5. The number of ether oxygens (including phenoxy) is 3. The monoisotopic (exact) mass is 364 g/mol. The summed E-state index contributed by atoms with van der Waals surface area (Å²) < 4.78 is 22.5. The van der Waals surface area contributed by atoms with Crippen molar-refractivity contribution < 1.29 is 18.6 Å². The van der Waals surface area contributed by atoms with Crippen molar-refractivity contribution in [3.8, 4) is 11.5 Å². The zero-order valence-electron chi connectivity index (χ0n) is 14.9. The number of benzene rings is 2. The number of allylic oxidation sites excluding steroid dienone is 1. The summed E-state index contributed by atoms with van der Waals surface area (Å²) in [5.41, 5.74) is 1.82. The molecular formula is C22H20O5. The summed E-state index contributed by atoms with van der Waals surface area (Å²) in [4.78, 5) is 12.1. The summed E-state index contributed by atoms with van der Waals surface area (Å²) in [6, 6.07) is 14.9. The van der Waals surface area contributed by atoms with Crippen LogP contribution < -0.4 is 15.1 Å². The molecule has 0 spiro atoms. The molecule has 1 aromatic heterocycles. The Kier molecular flexibility index (Phi) is 4.94. The summed E-state index contributed by atoms with van der Waals surface area (Å²) in [7, 11) is 0. The van der Waals surface area contributed by atoms with Gasteiger partial charge in [-0.15, -0.1) is 6.58 Å². The largest absolute Gasteiger partial charge is 0.490 e. The highest BCUT2D eigenvalue weighted by molar-refractivity contribution is 5.87. The Labute approximate surface area is 156 Å². The van der Waals surface area contributed by atoms with E-state index < -0.39 is 5.63 Å². The number of epoxide rings is 1. The fourth-order valence-corrected chi connectivity index (χ4v) is 2.91. The van der Waals surface area contributed by atoms with Crippen LogP contribution in [0.1, 0.15) is 11.1 Å². The molecule has 0 N–H and O–H groups in total. The third-order valence-corrected chi connectivity index (χ3v) is 4.35. The Hall–Kier alpha value is -3.05. The molecule has 138 valence electrons. The first-order chi connectivity index (χ1) is 13.2. The van der Waals surface area contributed by atoms with Crippen molar-refractivity contribution in [2.75, 3.05) is 13.2 Å². The molecule has 1 saturated heterocycles. The highest BCUT2D eigenvalue weighted by Gasteiger charge is 2.24. The highest BCUT2D eigenvalue weighted by Crippen LogP contribution is 2.33. The molecule has 1 aliphatic rings. The van der Waals surface area contributed by atoms with Gasteiger partial charge in [-0.05, 0) is 24.1 Å². The minimum absolute atomic E-state index is 0.143. The standard InChI is InChI=1S/C22H20O5/c1-2-6-17-19(26-14-16-13-24-16)10-9-18-20(11-21(23)27-22(17)18)25-12-15-7-4-3-5-8-15/h2-5,7-11,16H,1,6,12-14H2. The second kappa shape index (κ2) is 7.68. The van der Waals surface area contributed by atoms with Gasteiger partial charge in [0.2, 0.25) is 0 Å². The summed E-state index contributed by atoms with van der Waals surface area (Å²) >= 11 is 0. The lowest BCUT2D eigenvalue weighted by Gasteiger charge is -2.14. The van der Waals surface area contributed by atoms with E-state index in [1.165, 1.54) is 6.07 Å². The van der Waals surface area contributed by atoms with Crippen LogP contribution in [0.3, 0.4) is 0 Å². The summed E-state index contributed by atoms with van der Waals surface area (Å²) in [5.74, 6) is 1.16. The minimum atomic E-state index is -0.460. The Bertz CT molecular complexity index is 1000. The van der Waals surface area contributed by atoms with E-state index in [9.17, 15) is 4.79 Å². The molecule has 4 rings (SSSR count). The third kappa shape index (κ3) is 4.04. The van der Waals surface area contributed by atoms with E-state index in [4.69, 9.17) is 18.6 Å². The van der Waals surface area contributed by atoms with E-state index in [-0.39, 0.29) is 6.10 Å². The first-order valence-electron chi connectivity index (χ1n) is 8.86. The van der Waals surface area contributed by atoms with Gasteiger partial charge in [0.15, 0.2) is 0 Å². The molecule has 2 aromatic carbocycles. The molecule has 1 fully saturated rings. The average molecular weight is 364 g/mol. The van der Waals surface area contributed by atoms with Gasteiger partial charge in [-0.25, -0.2) is 4.79 Å². The van der Waals surface area contributed by atoms with Crippen LogP contribution in [0, 0.1) is 0 Å². The maximum Gasteiger partial charge on any atom is 0.339 e. The molecule has 1 atom stereocenters. The fraction of sp³-hybridized carbons (Fsp3) is 0.227. The maximum atomic E-state index is 12.1. The second-order valence-electron chi connectivity index (χ2n) is 6.38. The smallest absolute Gasteiger partial charge is 0.339 e. The van der Waals surface area contributed by atoms with Crippen LogP contribution in [0.25, 0.3) is 11.0 Å². The molecular weight excluding hydrogens is 344 g/mol. The van der Waals surface area contributed by atoms with Gasteiger partial charge >= 0.3 is 5.63 Å². The van der Waals surface area contributed by atoms with Gasteiger partial charge in [-0.3, -0.25) is 0 Å². The second-order valence-corrected chi connectivity index (χ2v) is 6.38. The van der Waals surface area contributed by atoms with E-state index in [2.05, 4.69) is 6.58 Å². The van der Waals surface area contributed by atoms with Crippen LogP contribution in [0.15, 0.2) is 70.4 Å². The maximum absolute atomic E-state index is 12.1. The lowest BCUT2D eigenvalue weighted by atomic mass is 10.1. The van der Waals surface area contributed by atoms with Crippen LogP contribution in [-0.4, -0.2) is 19.3 Å².